The van der Waals surface area contributed by atoms with Gasteiger partial charge in [-0.1, -0.05) is 45.3 Å². The Morgan fingerprint density at radius 3 is 2.89 bits per heavy atom. The van der Waals surface area contributed by atoms with Gasteiger partial charge in [0.1, 0.15) is 11.4 Å². The Bertz CT molecular complexity index is 488. The van der Waals surface area contributed by atoms with Crippen LogP contribution in [0.4, 0.5) is 0 Å². The second kappa shape index (κ2) is 5.70. The molecule has 2 rings (SSSR count). The van der Waals surface area contributed by atoms with Gasteiger partial charge in [-0.2, -0.15) is 0 Å². The van der Waals surface area contributed by atoms with Crippen LogP contribution >= 0.6 is 15.9 Å². The zero-order valence-corrected chi connectivity index (χ0v) is 13.9. The molecule has 1 aliphatic rings. The zero-order valence-electron chi connectivity index (χ0n) is 12.3. The lowest BCUT2D eigenvalue weighted by atomic mass is 9.88. The predicted octanol–water partition coefficient (Wildman–Crippen LogP) is 5.20. The quantitative estimate of drug-likeness (QED) is 0.549. The number of halogens is 1. The van der Waals surface area contributed by atoms with Gasteiger partial charge in [-0.05, 0) is 58.6 Å². The van der Waals surface area contributed by atoms with Gasteiger partial charge in [0.15, 0.2) is 0 Å². The topological polar surface area (TPSA) is 9.23 Å². The van der Waals surface area contributed by atoms with E-state index in [1.54, 1.807) is 0 Å². The molecule has 1 aliphatic heterocycles. The Morgan fingerprint density at radius 2 is 2.21 bits per heavy atom. The van der Waals surface area contributed by atoms with Crippen LogP contribution in [0.15, 0.2) is 29.8 Å². The van der Waals surface area contributed by atoms with Crippen molar-refractivity contribution in [2.24, 2.45) is 0 Å². The summed E-state index contributed by atoms with van der Waals surface area (Å²) in [5, 5.41) is 0. The van der Waals surface area contributed by atoms with E-state index in [0.717, 1.165) is 25.0 Å². The number of benzene rings is 1. The third-order valence-corrected chi connectivity index (χ3v) is 5.11. The Kier molecular flexibility index (Phi) is 4.39. The summed E-state index contributed by atoms with van der Waals surface area (Å²) in [6, 6.07) is 6.48. The van der Waals surface area contributed by atoms with Crippen molar-refractivity contribution in [3.63, 3.8) is 0 Å². The number of hydrogen-bond donors (Lipinski definition) is 0. The number of alkyl halides is 1. The first-order chi connectivity index (χ1) is 8.90. The van der Waals surface area contributed by atoms with Crippen molar-refractivity contribution in [1.29, 1.82) is 0 Å². The van der Waals surface area contributed by atoms with Crippen LogP contribution in [0, 0.1) is 6.92 Å². The summed E-state index contributed by atoms with van der Waals surface area (Å²) >= 11 is 3.83. The molecule has 0 aromatic heterocycles. The maximum atomic E-state index is 6.29. The highest BCUT2D eigenvalue weighted by Gasteiger charge is 2.38. The summed E-state index contributed by atoms with van der Waals surface area (Å²) in [5.74, 6) is 1.06. The average molecular weight is 323 g/mol. The second-order valence-electron chi connectivity index (χ2n) is 6.02. The lowest BCUT2D eigenvalue weighted by Crippen LogP contribution is -2.45. The Hall–Kier alpha value is -0.760. The van der Waals surface area contributed by atoms with Gasteiger partial charge in [-0.3, -0.25) is 0 Å². The Morgan fingerprint density at radius 1 is 1.47 bits per heavy atom. The van der Waals surface area contributed by atoms with Gasteiger partial charge in [0.25, 0.3) is 0 Å². The van der Waals surface area contributed by atoms with Crippen LogP contribution in [0.3, 0.4) is 0 Å². The molecule has 0 saturated heterocycles. The van der Waals surface area contributed by atoms with E-state index in [1.165, 1.54) is 16.7 Å². The third-order valence-electron chi connectivity index (χ3n) is 3.81. The molecule has 1 aromatic carbocycles. The lowest BCUT2D eigenvalue weighted by Gasteiger charge is -2.40. The van der Waals surface area contributed by atoms with Gasteiger partial charge in [0.05, 0.1) is 4.83 Å². The third kappa shape index (κ3) is 3.42. The number of ether oxygens (including phenoxy) is 1. The summed E-state index contributed by atoms with van der Waals surface area (Å²) in [5.41, 5.74) is 3.88. The summed E-state index contributed by atoms with van der Waals surface area (Å²) < 4.78 is 6.29. The van der Waals surface area contributed by atoms with Crippen molar-refractivity contribution in [3.05, 3.63) is 41.0 Å². The molecule has 0 amide bonds. The molecule has 1 heterocycles. The number of allylic oxidation sites excluding steroid dienone is 2. The molecule has 2 atom stereocenters. The van der Waals surface area contributed by atoms with Crippen molar-refractivity contribution < 1.29 is 4.74 Å². The fourth-order valence-corrected chi connectivity index (χ4v) is 3.22. The van der Waals surface area contributed by atoms with E-state index in [4.69, 9.17) is 4.74 Å². The first-order valence-electron chi connectivity index (χ1n) is 6.97. The minimum absolute atomic E-state index is 0.117. The normalized spacial score (nSPS) is 25.4. The van der Waals surface area contributed by atoms with Crippen LogP contribution in [-0.2, 0) is 6.42 Å². The maximum absolute atomic E-state index is 6.29. The van der Waals surface area contributed by atoms with Crippen molar-refractivity contribution in [2.75, 3.05) is 0 Å². The minimum atomic E-state index is -0.117. The van der Waals surface area contributed by atoms with Gasteiger partial charge in [-0.15, -0.1) is 0 Å². The molecular weight excluding hydrogens is 300 g/mol. The first kappa shape index (κ1) is 14.6. The van der Waals surface area contributed by atoms with Crippen molar-refractivity contribution >= 4 is 15.9 Å². The van der Waals surface area contributed by atoms with Crippen LogP contribution in [-0.4, -0.2) is 10.4 Å². The molecule has 0 spiro atoms. The van der Waals surface area contributed by atoms with Crippen molar-refractivity contribution in [3.8, 4) is 5.75 Å². The molecule has 0 bridgehead atoms. The number of hydrogen-bond acceptors (Lipinski definition) is 1. The highest BCUT2D eigenvalue weighted by Crippen LogP contribution is 2.39. The first-order valence-corrected chi connectivity index (χ1v) is 7.88. The van der Waals surface area contributed by atoms with E-state index in [9.17, 15) is 0 Å². The second-order valence-corrected chi connectivity index (χ2v) is 7.12. The molecular formula is C17H23BrO. The summed E-state index contributed by atoms with van der Waals surface area (Å²) in [4.78, 5) is 0.375. The molecule has 0 N–H and O–H groups in total. The number of aryl methyl sites for hydroxylation is 1. The molecule has 2 unspecified atom stereocenters. The SMILES string of the molecule is CC(C)=CCCC1(C)Oc2ccc(C)cc2CC1Br. The number of rotatable bonds is 3. The van der Waals surface area contributed by atoms with E-state index in [-0.39, 0.29) is 5.60 Å². The molecule has 1 nitrogen and oxygen atoms in total. The fourth-order valence-electron chi connectivity index (χ4n) is 2.55. The number of fused-ring (bicyclic) bond motifs is 1. The monoisotopic (exact) mass is 322 g/mol. The molecule has 0 radical (unpaired) electrons. The Labute approximate surface area is 125 Å². The van der Waals surface area contributed by atoms with Gasteiger partial charge in [0, 0.05) is 0 Å². The van der Waals surface area contributed by atoms with E-state index < -0.39 is 0 Å². The standard InChI is InChI=1S/C17H23BrO/c1-12(2)6-5-9-17(4)16(18)11-14-10-13(3)7-8-15(14)19-17/h6-8,10,16H,5,9,11H2,1-4H3. The predicted molar refractivity (Wildman–Crippen MR) is 85.3 cm³/mol. The smallest absolute Gasteiger partial charge is 0.123 e. The minimum Gasteiger partial charge on any atom is -0.486 e. The van der Waals surface area contributed by atoms with Gasteiger partial charge in [-0.25, -0.2) is 0 Å². The highest BCUT2D eigenvalue weighted by atomic mass is 79.9. The van der Waals surface area contributed by atoms with Crippen LogP contribution in [0.5, 0.6) is 5.75 Å². The van der Waals surface area contributed by atoms with E-state index in [2.05, 4.69) is 67.9 Å². The van der Waals surface area contributed by atoms with Crippen molar-refractivity contribution in [1.82, 2.24) is 0 Å². The maximum Gasteiger partial charge on any atom is 0.123 e. The summed E-state index contributed by atoms with van der Waals surface area (Å²) in [6.07, 6.45) is 5.45. The molecule has 1 aromatic rings. The Balaban J connectivity index is 2.15. The summed E-state index contributed by atoms with van der Waals surface area (Å²) in [7, 11) is 0. The van der Waals surface area contributed by atoms with E-state index >= 15 is 0 Å². The van der Waals surface area contributed by atoms with Gasteiger partial charge < -0.3 is 4.74 Å². The molecule has 0 aliphatic carbocycles. The molecule has 0 saturated carbocycles. The summed E-state index contributed by atoms with van der Waals surface area (Å²) in [6.45, 7) is 8.64. The molecule has 0 fully saturated rings. The van der Waals surface area contributed by atoms with Crippen LogP contribution < -0.4 is 4.74 Å². The highest BCUT2D eigenvalue weighted by molar-refractivity contribution is 9.09. The average Bonchev–Trinajstić information content (AvgIpc) is 2.31. The van der Waals surface area contributed by atoms with Crippen LogP contribution in [0.2, 0.25) is 0 Å². The molecule has 2 heteroatoms. The largest absolute Gasteiger partial charge is 0.486 e. The van der Waals surface area contributed by atoms with Crippen LogP contribution in [0.1, 0.15) is 44.7 Å². The zero-order chi connectivity index (χ0) is 14.0. The van der Waals surface area contributed by atoms with Gasteiger partial charge >= 0.3 is 0 Å². The van der Waals surface area contributed by atoms with E-state index in [1.807, 2.05) is 0 Å². The fraction of sp³-hybridized carbons (Fsp3) is 0.529. The molecule has 104 valence electrons. The molecule has 19 heavy (non-hydrogen) atoms. The lowest BCUT2D eigenvalue weighted by molar-refractivity contribution is 0.0657. The van der Waals surface area contributed by atoms with E-state index in [0.29, 0.717) is 4.83 Å². The van der Waals surface area contributed by atoms with Crippen LogP contribution in [0.25, 0.3) is 0 Å². The van der Waals surface area contributed by atoms with Crippen molar-refractivity contribution in [2.45, 2.75) is 57.4 Å². The van der Waals surface area contributed by atoms with Gasteiger partial charge in [0.2, 0.25) is 0 Å².